The third-order valence-electron chi connectivity index (χ3n) is 6.38. The Kier molecular flexibility index (Phi) is 5.83. The summed E-state index contributed by atoms with van der Waals surface area (Å²) in [5.41, 5.74) is 4.34. The van der Waals surface area contributed by atoms with E-state index < -0.39 is 10.0 Å². The van der Waals surface area contributed by atoms with Crippen LogP contribution in [0.3, 0.4) is 0 Å². The SMILES string of the molecule is CNc1nc([C@H]2CCCN(S(=O)(=O)c3ccc(C)c(C)c3)C2)nc2c1CCN(C)C2. The molecule has 1 aromatic heterocycles. The highest BCUT2D eigenvalue weighted by atomic mass is 32.2. The Balaban J connectivity index is 1.63. The summed E-state index contributed by atoms with van der Waals surface area (Å²) in [4.78, 5) is 12.3. The van der Waals surface area contributed by atoms with Crippen molar-refractivity contribution in [2.24, 2.45) is 0 Å². The van der Waals surface area contributed by atoms with Crippen molar-refractivity contribution < 1.29 is 8.42 Å². The van der Waals surface area contributed by atoms with Crippen LogP contribution in [0.1, 0.15) is 47.0 Å². The van der Waals surface area contributed by atoms with Gasteiger partial charge in [-0.3, -0.25) is 0 Å². The van der Waals surface area contributed by atoms with Gasteiger partial charge in [0.25, 0.3) is 0 Å². The Morgan fingerprint density at radius 1 is 1.13 bits per heavy atom. The number of piperidine rings is 1. The number of sulfonamides is 1. The second-order valence-corrected chi connectivity index (χ2v) is 10.5. The number of benzene rings is 1. The molecule has 8 heteroatoms. The molecule has 162 valence electrons. The minimum Gasteiger partial charge on any atom is -0.373 e. The monoisotopic (exact) mass is 429 g/mol. The Morgan fingerprint density at radius 2 is 1.93 bits per heavy atom. The molecule has 1 N–H and O–H groups in total. The quantitative estimate of drug-likeness (QED) is 0.805. The minimum atomic E-state index is -3.53. The average molecular weight is 430 g/mol. The van der Waals surface area contributed by atoms with Crippen molar-refractivity contribution in [2.45, 2.75) is 50.5 Å². The van der Waals surface area contributed by atoms with Crippen LogP contribution in [0.15, 0.2) is 23.1 Å². The first-order valence-corrected chi connectivity index (χ1v) is 12.1. The Labute approximate surface area is 179 Å². The zero-order valence-corrected chi connectivity index (χ0v) is 19.1. The minimum absolute atomic E-state index is 0.00435. The molecule has 2 aliphatic rings. The zero-order chi connectivity index (χ0) is 21.5. The van der Waals surface area contributed by atoms with Crippen LogP contribution in [0.2, 0.25) is 0 Å². The highest BCUT2D eigenvalue weighted by Gasteiger charge is 2.33. The molecule has 0 bridgehead atoms. The smallest absolute Gasteiger partial charge is 0.243 e. The zero-order valence-electron chi connectivity index (χ0n) is 18.3. The maximum Gasteiger partial charge on any atom is 0.243 e. The number of hydrogen-bond donors (Lipinski definition) is 1. The standard InChI is InChI=1S/C22H31N5O2S/c1-15-7-8-18(12-16(15)2)30(28,29)27-10-5-6-17(13-27)21-24-20-14-26(4)11-9-19(20)22(23-3)25-21/h7-8,12,17H,5-6,9-11,13-14H2,1-4H3,(H,23,24,25)/t17-/m0/s1. The number of nitrogens with zero attached hydrogens (tertiary/aromatic N) is 4. The maximum absolute atomic E-state index is 13.3. The predicted molar refractivity (Wildman–Crippen MR) is 118 cm³/mol. The van der Waals surface area contributed by atoms with E-state index in [0.717, 1.165) is 60.8 Å². The summed E-state index contributed by atoms with van der Waals surface area (Å²) >= 11 is 0. The lowest BCUT2D eigenvalue weighted by molar-refractivity contribution is 0.297. The van der Waals surface area contributed by atoms with Gasteiger partial charge in [-0.25, -0.2) is 18.4 Å². The van der Waals surface area contributed by atoms with Gasteiger partial charge in [0.2, 0.25) is 10.0 Å². The molecular formula is C22H31N5O2S. The van der Waals surface area contributed by atoms with Gasteiger partial charge in [0.05, 0.1) is 10.6 Å². The molecule has 0 amide bonds. The summed E-state index contributed by atoms with van der Waals surface area (Å²) in [7, 11) is 0.460. The fraction of sp³-hybridized carbons (Fsp3) is 0.545. The van der Waals surface area contributed by atoms with Gasteiger partial charge < -0.3 is 10.2 Å². The number of hydrogen-bond acceptors (Lipinski definition) is 6. The first-order valence-electron chi connectivity index (χ1n) is 10.6. The normalized spacial score (nSPS) is 20.7. The van der Waals surface area contributed by atoms with E-state index in [9.17, 15) is 8.42 Å². The highest BCUT2D eigenvalue weighted by molar-refractivity contribution is 7.89. The first-order chi connectivity index (χ1) is 14.3. The van der Waals surface area contributed by atoms with Crippen molar-refractivity contribution in [3.05, 3.63) is 46.4 Å². The molecule has 0 radical (unpaired) electrons. The molecule has 1 atom stereocenters. The molecule has 2 aliphatic heterocycles. The molecule has 0 aliphatic carbocycles. The van der Waals surface area contributed by atoms with Gasteiger partial charge in [0, 0.05) is 44.7 Å². The van der Waals surface area contributed by atoms with Gasteiger partial charge in [-0.05, 0) is 63.4 Å². The fourth-order valence-corrected chi connectivity index (χ4v) is 5.97. The van der Waals surface area contributed by atoms with Gasteiger partial charge in [-0.2, -0.15) is 4.31 Å². The molecule has 4 rings (SSSR count). The number of nitrogens with one attached hydrogen (secondary N) is 1. The van der Waals surface area contributed by atoms with Gasteiger partial charge >= 0.3 is 0 Å². The van der Waals surface area contributed by atoms with Gasteiger partial charge in [0.1, 0.15) is 11.6 Å². The number of fused-ring (bicyclic) bond motifs is 1. The summed E-state index contributed by atoms with van der Waals surface area (Å²) in [6, 6.07) is 5.37. The molecule has 1 aromatic carbocycles. The summed E-state index contributed by atoms with van der Waals surface area (Å²) in [6.45, 7) is 6.70. The fourth-order valence-electron chi connectivity index (χ4n) is 4.36. The lowest BCUT2D eigenvalue weighted by Gasteiger charge is -2.32. The van der Waals surface area contributed by atoms with Crippen molar-refractivity contribution in [3.8, 4) is 0 Å². The third-order valence-corrected chi connectivity index (χ3v) is 8.24. The van der Waals surface area contributed by atoms with Crippen LogP contribution in [0.25, 0.3) is 0 Å². The van der Waals surface area contributed by atoms with Crippen LogP contribution in [-0.2, 0) is 23.0 Å². The number of likely N-dealkylation sites (N-methyl/N-ethyl adjacent to an activating group) is 1. The summed E-state index contributed by atoms with van der Waals surface area (Å²) in [5, 5.41) is 3.23. The van der Waals surface area contributed by atoms with E-state index in [1.54, 1.807) is 16.4 Å². The van der Waals surface area contributed by atoms with E-state index in [2.05, 4.69) is 17.3 Å². The van der Waals surface area contributed by atoms with Crippen molar-refractivity contribution in [1.29, 1.82) is 0 Å². The van der Waals surface area contributed by atoms with Crippen LogP contribution < -0.4 is 5.32 Å². The van der Waals surface area contributed by atoms with Crippen molar-refractivity contribution in [1.82, 2.24) is 19.2 Å². The topological polar surface area (TPSA) is 78.4 Å². The van der Waals surface area contributed by atoms with Crippen LogP contribution in [0, 0.1) is 13.8 Å². The second-order valence-electron chi connectivity index (χ2n) is 8.54. The highest BCUT2D eigenvalue weighted by Crippen LogP contribution is 2.32. The molecule has 0 saturated carbocycles. The molecule has 3 heterocycles. The molecular weight excluding hydrogens is 398 g/mol. The van der Waals surface area contributed by atoms with E-state index in [1.165, 1.54) is 5.56 Å². The van der Waals surface area contributed by atoms with Crippen LogP contribution >= 0.6 is 0 Å². The first kappa shape index (κ1) is 21.2. The summed E-state index contributed by atoms with van der Waals surface area (Å²) in [5.74, 6) is 1.65. The number of aromatic nitrogens is 2. The molecule has 1 saturated heterocycles. The van der Waals surface area contributed by atoms with E-state index in [1.807, 2.05) is 27.0 Å². The molecule has 1 fully saturated rings. The summed E-state index contributed by atoms with van der Waals surface area (Å²) < 4.78 is 28.2. The third kappa shape index (κ3) is 3.96. The largest absolute Gasteiger partial charge is 0.373 e. The van der Waals surface area contributed by atoms with E-state index in [0.29, 0.717) is 18.0 Å². The molecule has 7 nitrogen and oxygen atoms in total. The Bertz CT molecular complexity index is 1050. The molecule has 2 aromatic rings. The lowest BCUT2D eigenvalue weighted by Crippen LogP contribution is -2.40. The Morgan fingerprint density at radius 3 is 2.67 bits per heavy atom. The van der Waals surface area contributed by atoms with Crippen LogP contribution in [-0.4, -0.2) is 61.3 Å². The van der Waals surface area contributed by atoms with E-state index in [4.69, 9.17) is 9.97 Å². The number of rotatable bonds is 4. The maximum atomic E-state index is 13.3. The predicted octanol–water partition coefficient (Wildman–Crippen LogP) is 2.69. The summed E-state index contributed by atoms with van der Waals surface area (Å²) in [6.07, 6.45) is 2.64. The van der Waals surface area contributed by atoms with E-state index >= 15 is 0 Å². The molecule has 0 spiro atoms. The molecule has 0 unspecified atom stereocenters. The van der Waals surface area contributed by atoms with Gasteiger partial charge in [-0.1, -0.05) is 6.07 Å². The lowest BCUT2D eigenvalue weighted by atomic mass is 9.97. The average Bonchev–Trinajstić information content (AvgIpc) is 2.74. The molecule has 30 heavy (non-hydrogen) atoms. The Hall–Kier alpha value is -2.03. The van der Waals surface area contributed by atoms with E-state index in [-0.39, 0.29) is 5.92 Å². The van der Waals surface area contributed by atoms with Crippen molar-refractivity contribution in [3.63, 3.8) is 0 Å². The van der Waals surface area contributed by atoms with Gasteiger partial charge in [0.15, 0.2) is 0 Å². The number of aryl methyl sites for hydroxylation is 2. The second kappa shape index (κ2) is 8.24. The van der Waals surface area contributed by atoms with Crippen molar-refractivity contribution in [2.75, 3.05) is 39.0 Å². The van der Waals surface area contributed by atoms with Crippen LogP contribution in [0.5, 0.6) is 0 Å². The number of anilines is 1. The van der Waals surface area contributed by atoms with Gasteiger partial charge in [-0.15, -0.1) is 0 Å². The van der Waals surface area contributed by atoms with Crippen molar-refractivity contribution >= 4 is 15.8 Å². The van der Waals surface area contributed by atoms with Crippen LogP contribution in [0.4, 0.5) is 5.82 Å².